The largest absolute Gasteiger partial charge is 0.469 e. The molecule has 1 rings (SSSR count). The number of hydrogen-bond acceptors (Lipinski definition) is 3. The van der Waals surface area contributed by atoms with Gasteiger partial charge in [0.25, 0.3) is 0 Å². The van der Waals surface area contributed by atoms with Crippen molar-refractivity contribution in [3.8, 4) is 0 Å². The summed E-state index contributed by atoms with van der Waals surface area (Å²) in [5, 5.41) is 0. The van der Waals surface area contributed by atoms with Crippen molar-refractivity contribution >= 4 is 5.97 Å². The molecule has 0 saturated carbocycles. The monoisotopic (exact) mass is 229 g/mol. The van der Waals surface area contributed by atoms with E-state index in [1.165, 1.54) is 7.11 Å². The third-order valence-corrected chi connectivity index (χ3v) is 2.20. The van der Waals surface area contributed by atoms with Crippen molar-refractivity contribution in [2.75, 3.05) is 7.11 Å². The van der Waals surface area contributed by atoms with E-state index in [1.807, 2.05) is 0 Å². The minimum Gasteiger partial charge on any atom is -0.469 e. The van der Waals surface area contributed by atoms with Crippen molar-refractivity contribution in [1.29, 1.82) is 0 Å². The molecular weight excluding hydrogens is 216 g/mol. The van der Waals surface area contributed by atoms with E-state index in [0.717, 1.165) is 18.2 Å². The Morgan fingerprint density at radius 3 is 2.44 bits per heavy atom. The molecule has 0 heterocycles. The summed E-state index contributed by atoms with van der Waals surface area (Å²) >= 11 is 0. The number of benzene rings is 1. The molecule has 0 fully saturated rings. The third kappa shape index (κ3) is 3.58. The standard InChI is InChI=1S/C11H13F2NO2/c1-16-11(15)3-2-10(14)7-4-8(12)6-9(13)5-7/h4-6,10H,2-3,14H2,1H3. The van der Waals surface area contributed by atoms with E-state index < -0.39 is 23.6 Å². The molecule has 0 saturated heterocycles. The zero-order chi connectivity index (χ0) is 12.1. The first kappa shape index (κ1) is 12.6. The molecule has 2 N–H and O–H groups in total. The van der Waals surface area contributed by atoms with E-state index in [0.29, 0.717) is 5.56 Å². The highest BCUT2D eigenvalue weighted by Crippen LogP contribution is 2.18. The van der Waals surface area contributed by atoms with Crippen LogP contribution in [0, 0.1) is 11.6 Å². The van der Waals surface area contributed by atoms with Crippen molar-refractivity contribution < 1.29 is 18.3 Å². The molecule has 0 bridgehead atoms. The van der Waals surface area contributed by atoms with Crippen LogP contribution in [0.15, 0.2) is 18.2 Å². The van der Waals surface area contributed by atoms with Crippen molar-refractivity contribution in [2.24, 2.45) is 5.73 Å². The Kier molecular flexibility index (Phi) is 4.37. The van der Waals surface area contributed by atoms with Crippen LogP contribution in [0.1, 0.15) is 24.4 Å². The number of hydrogen-bond donors (Lipinski definition) is 1. The van der Waals surface area contributed by atoms with Gasteiger partial charge in [-0.2, -0.15) is 0 Å². The minimum atomic E-state index is -0.677. The molecule has 0 aliphatic rings. The zero-order valence-corrected chi connectivity index (χ0v) is 8.87. The minimum absolute atomic E-state index is 0.121. The van der Waals surface area contributed by atoms with E-state index in [-0.39, 0.29) is 12.8 Å². The Labute approximate surface area is 92.2 Å². The Bertz CT molecular complexity index is 362. The number of nitrogens with two attached hydrogens (primary N) is 1. The lowest BCUT2D eigenvalue weighted by Crippen LogP contribution is -2.13. The molecule has 88 valence electrons. The fourth-order valence-electron chi connectivity index (χ4n) is 1.33. The van der Waals surface area contributed by atoms with Gasteiger partial charge in [-0.1, -0.05) is 0 Å². The summed E-state index contributed by atoms with van der Waals surface area (Å²) in [5.74, 6) is -1.75. The number of methoxy groups -OCH3 is 1. The lowest BCUT2D eigenvalue weighted by molar-refractivity contribution is -0.140. The Morgan fingerprint density at radius 2 is 1.94 bits per heavy atom. The highest BCUT2D eigenvalue weighted by molar-refractivity contribution is 5.69. The fraction of sp³-hybridized carbons (Fsp3) is 0.364. The van der Waals surface area contributed by atoms with Crippen LogP contribution < -0.4 is 5.73 Å². The van der Waals surface area contributed by atoms with Crippen molar-refractivity contribution in [3.63, 3.8) is 0 Å². The van der Waals surface area contributed by atoms with Gasteiger partial charge in [-0.15, -0.1) is 0 Å². The zero-order valence-electron chi connectivity index (χ0n) is 8.87. The number of esters is 1. The smallest absolute Gasteiger partial charge is 0.305 e. The van der Waals surface area contributed by atoms with Gasteiger partial charge >= 0.3 is 5.97 Å². The van der Waals surface area contributed by atoms with Crippen LogP contribution in [0.3, 0.4) is 0 Å². The molecule has 0 amide bonds. The average Bonchev–Trinajstić information content (AvgIpc) is 2.23. The number of carbonyl (C=O) groups is 1. The predicted octanol–water partition coefficient (Wildman–Crippen LogP) is 1.92. The third-order valence-electron chi connectivity index (χ3n) is 2.20. The number of carbonyl (C=O) groups excluding carboxylic acids is 1. The summed E-state index contributed by atoms with van der Waals surface area (Å²) in [6.07, 6.45) is 0.408. The molecule has 5 heteroatoms. The van der Waals surface area contributed by atoms with E-state index in [1.54, 1.807) is 0 Å². The van der Waals surface area contributed by atoms with Gasteiger partial charge in [0.2, 0.25) is 0 Å². The quantitative estimate of drug-likeness (QED) is 0.802. The van der Waals surface area contributed by atoms with Gasteiger partial charge in [0, 0.05) is 18.5 Å². The highest BCUT2D eigenvalue weighted by atomic mass is 19.1. The summed E-state index contributed by atoms with van der Waals surface area (Å²) in [6.45, 7) is 0. The predicted molar refractivity (Wildman–Crippen MR) is 54.5 cm³/mol. The Balaban J connectivity index is 2.65. The first-order valence-corrected chi connectivity index (χ1v) is 4.81. The highest BCUT2D eigenvalue weighted by Gasteiger charge is 2.11. The molecule has 1 aromatic rings. The van der Waals surface area contributed by atoms with E-state index in [2.05, 4.69) is 4.74 Å². The van der Waals surface area contributed by atoms with E-state index >= 15 is 0 Å². The lowest BCUT2D eigenvalue weighted by atomic mass is 10.0. The molecule has 1 unspecified atom stereocenters. The second-order valence-corrected chi connectivity index (χ2v) is 3.42. The van der Waals surface area contributed by atoms with Gasteiger partial charge in [-0.3, -0.25) is 4.79 Å². The van der Waals surface area contributed by atoms with Gasteiger partial charge in [0.1, 0.15) is 11.6 Å². The van der Waals surface area contributed by atoms with Gasteiger partial charge in [0.05, 0.1) is 7.11 Å². The number of rotatable bonds is 4. The van der Waals surface area contributed by atoms with E-state index in [9.17, 15) is 13.6 Å². The topological polar surface area (TPSA) is 52.3 Å². The summed E-state index contributed by atoms with van der Waals surface area (Å²) in [7, 11) is 1.27. The normalized spacial score (nSPS) is 12.2. The molecule has 0 aliphatic carbocycles. The van der Waals surface area contributed by atoms with Crippen LogP contribution in [0.2, 0.25) is 0 Å². The Morgan fingerprint density at radius 1 is 1.38 bits per heavy atom. The lowest BCUT2D eigenvalue weighted by Gasteiger charge is -2.11. The van der Waals surface area contributed by atoms with Crippen LogP contribution >= 0.6 is 0 Å². The van der Waals surface area contributed by atoms with Gasteiger partial charge < -0.3 is 10.5 Å². The maximum Gasteiger partial charge on any atom is 0.305 e. The van der Waals surface area contributed by atoms with Gasteiger partial charge in [-0.05, 0) is 24.1 Å². The molecule has 0 aliphatic heterocycles. The van der Waals surface area contributed by atoms with E-state index in [4.69, 9.17) is 5.73 Å². The van der Waals surface area contributed by atoms with Gasteiger partial charge in [0.15, 0.2) is 0 Å². The molecule has 1 atom stereocenters. The Hall–Kier alpha value is -1.49. The van der Waals surface area contributed by atoms with Crippen molar-refractivity contribution in [1.82, 2.24) is 0 Å². The number of ether oxygens (including phenoxy) is 1. The fourth-order valence-corrected chi connectivity index (χ4v) is 1.33. The maximum absolute atomic E-state index is 12.9. The molecule has 0 radical (unpaired) electrons. The maximum atomic E-state index is 12.9. The second-order valence-electron chi connectivity index (χ2n) is 3.42. The molecule has 16 heavy (non-hydrogen) atoms. The van der Waals surface area contributed by atoms with Crippen LogP contribution in [-0.2, 0) is 9.53 Å². The molecule has 0 aromatic heterocycles. The first-order chi connectivity index (χ1) is 7.52. The van der Waals surface area contributed by atoms with Crippen LogP contribution in [0.25, 0.3) is 0 Å². The first-order valence-electron chi connectivity index (χ1n) is 4.81. The van der Waals surface area contributed by atoms with Crippen molar-refractivity contribution in [2.45, 2.75) is 18.9 Å². The van der Waals surface area contributed by atoms with Crippen LogP contribution in [0.5, 0.6) is 0 Å². The summed E-state index contributed by atoms with van der Waals surface area (Å²) in [5.41, 5.74) is 6.03. The summed E-state index contributed by atoms with van der Waals surface area (Å²) in [6, 6.07) is 2.51. The molecule has 3 nitrogen and oxygen atoms in total. The second kappa shape index (κ2) is 5.55. The SMILES string of the molecule is COC(=O)CCC(N)c1cc(F)cc(F)c1. The number of halogens is 2. The van der Waals surface area contributed by atoms with Crippen LogP contribution in [-0.4, -0.2) is 13.1 Å². The summed E-state index contributed by atoms with van der Waals surface area (Å²) in [4.78, 5) is 10.9. The van der Waals surface area contributed by atoms with Gasteiger partial charge in [-0.25, -0.2) is 8.78 Å². The van der Waals surface area contributed by atoms with Crippen LogP contribution in [0.4, 0.5) is 8.78 Å². The molecule has 1 aromatic carbocycles. The average molecular weight is 229 g/mol. The van der Waals surface area contributed by atoms with Crippen molar-refractivity contribution in [3.05, 3.63) is 35.4 Å². The molecular formula is C11H13F2NO2. The molecule has 0 spiro atoms. The summed E-state index contributed by atoms with van der Waals surface area (Å²) < 4.78 is 30.2.